The molecule has 1 heterocycles. The average molecular weight is 718 g/mol. The Morgan fingerprint density at radius 1 is 0.364 bits per heavy atom. The maximum atomic E-state index is 2.41. The number of anilines is 3. The summed E-state index contributed by atoms with van der Waals surface area (Å²) in [7, 11) is 0. The van der Waals surface area contributed by atoms with Crippen molar-refractivity contribution in [2.75, 3.05) is 4.90 Å². The molecular formula is C53H35NS. The van der Waals surface area contributed by atoms with Crippen LogP contribution in [0.25, 0.3) is 53.2 Å². The Morgan fingerprint density at radius 3 is 1.73 bits per heavy atom. The van der Waals surface area contributed by atoms with E-state index in [4.69, 9.17) is 0 Å². The molecule has 0 radical (unpaired) electrons. The second kappa shape index (κ2) is 12.7. The Labute approximate surface area is 325 Å². The molecule has 2 heteroatoms. The minimum Gasteiger partial charge on any atom is -0.310 e. The molecule has 0 N–H and O–H groups in total. The topological polar surface area (TPSA) is 3.24 Å². The maximum absolute atomic E-state index is 2.41. The predicted molar refractivity (Wildman–Crippen MR) is 234 cm³/mol. The maximum Gasteiger partial charge on any atom is 0.0713 e. The third kappa shape index (κ3) is 4.92. The second-order valence-electron chi connectivity index (χ2n) is 14.4. The van der Waals surface area contributed by atoms with Crippen LogP contribution in [0.2, 0.25) is 0 Å². The lowest BCUT2D eigenvalue weighted by atomic mass is 9.59. The van der Waals surface area contributed by atoms with Crippen LogP contribution in [-0.4, -0.2) is 0 Å². The van der Waals surface area contributed by atoms with E-state index in [0.717, 1.165) is 17.1 Å². The normalized spacial score (nSPS) is 14.6. The first kappa shape index (κ1) is 31.8. The van der Waals surface area contributed by atoms with Gasteiger partial charge in [-0.05, 0) is 97.7 Å². The first-order chi connectivity index (χ1) is 27.3. The van der Waals surface area contributed by atoms with Gasteiger partial charge in [-0.1, -0.05) is 170 Å². The molecule has 1 aliphatic carbocycles. The molecule has 1 aliphatic rings. The molecule has 1 nitrogen and oxygen atoms in total. The number of benzene rings is 9. The molecule has 0 bridgehead atoms. The lowest BCUT2D eigenvalue weighted by molar-refractivity contribution is 0.750. The molecule has 11 rings (SSSR count). The zero-order valence-electron chi connectivity index (χ0n) is 30.1. The van der Waals surface area contributed by atoms with Gasteiger partial charge in [0.2, 0.25) is 0 Å². The van der Waals surface area contributed by atoms with Gasteiger partial charge in [0.15, 0.2) is 0 Å². The van der Waals surface area contributed by atoms with Gasteiger partial charge in [-0.25, -0.2) is 0 Å². The van der Waals surface area contributed by atoms with Gasteiger partial charge in [-0.3, -0.25) is 0 Å². The summed E-state index contributed by atoms with van der Waals surface area (Å²) in [6.45, 7) is 0. The second-order valence-corrected chi connectivity index (χ2v) is 15.5. The van der Waals surface area contributed by atoms with Crippen LogP contribution in [0.15, 0.2) is 212 Å². The molecule has 9 aromatic carbocycles. The zero-order valence-corrected chi connectivity index (χ0v) is 30.9. The number of hydrogen-bond donors (Lipinski definition) is 0. The molecule has 1 atom stereocenters. The number of nitrogens with zero attached hydrogens (tertiary/aromatic N) is 1. The standard InChI is InChI=1S/C53H35NS/c1-3-13-36(14-4-1)37-25-29-41(30-26-37)54(43-33-34-46-45-20-8-10-24-50(45)55-51(46)35-43)42-31-27-40(28-32-42)53(39-17-5-2-6-18-39)48-22-9-7-19-44(48)47-21-11-15-38-16-12-23-49(53)52(38)47/h1-35H. The molecule has 1 unspecified atom stereocenters. The smallest absolute Gasteiger partial charge is 0.0713 e. The van der Waals surface area contributed by atoms with Crippen LogP contribution in [0.1, 0.15) is 22.3 Å². The van der Waals surface area contributed by atoms with Gasteiger partial charge in [0.05, 0.1) is 5.41 Å². The molecule has 0 aliphatic heterocycles. The van der Waals surface area contributed by atoms with E-state index in [0.29, 0.717) is 0 Å². The summed E-state index contributed by atoms with van der Waals surface area (Å²) in [4.78, 5) is 2.41. The van der Waals surface area contributed by atoms with Crippen molar-refractivity contribution in [1.29, 1.82) is 0 Å². The Hall–Kier alpha value is -6.74. The van der Waals surface area contributed by atoms with Gasteiger partial charge in [0, 0.05) is 37.2 Å². The number of rotatable bonds is 6. The van der Waals surface area contributed by atoms with Crippen LogP contribution >= 0.6 is 11.3 Å². The highest BCUT2D eigenvalue weighted by Gasteiger charge is 2.44. The molecule has 0 fully saturated rings. The lowest BCUT2D eigenvalue weighted by Gasteiger charge is -2.42. The molecule has 0 saturated carbocycles. The van der Waals surface area contributed by atoms with Crippen molar-refractivity contribution in [3.63, 3.8) is 0 Å². The highest BCUT2D eigenvalue weighted by Crippen LogP contribution is 2.55. The van der Waals surface area contributed by atoms with Crippen molar-refractivity contribution in [2.24, 2.45) is 0 Å². The van der Waals surface area contributed by atoms with Gasteiger partial charge in [-0.15, -0.1) is 11.3 Å². The fraction of sp³-hybridized carbons (Fsp3) is 0.0189. The van der Waals surface area contributed by atoms with Gasteiger partial charge in [-0.2, -0.15) is 0 Å². The van der Waals surface area contributed by atoms with E-state index in [-0.39, 0.29) is 0 Å². The fourth-order valence-corrected chi connectivity index (χ4v) is 10.3. The predicted octanol–water partition coefficient (Wildman–Crippen LogP) is 14.7. The Kier molecular flexibility index (Phi) is 7.33. The fourth-order valence-electron chi connectivity index (χ4n) is 9.14. The van der Waals surface area contributed by atoms with E-state index in [1.54, 1.807) is 0 Å². The number of hydrogen-bond acceptors (Lipinski definition) is 2. The van der Waals surface area contributed by atoms with Gasteiger partial charge in [0.25, 0.3) is 0 Å². The Morgan fingerprint density at radius 2 is 0.927 bits per heavy atom. The summed E-state index contributed by atoms with van der Waals surface area (Å²) in [6, 6.07) is 78.3. The highest BCUT2D eigenvalue weighted by molar-refractivity contribution is 7.25. The van der Waals surface area contributed by atoms with Gasteiger partial charge < -0.3 is 4.90 Å². The van der Waals surface area contributed by atoms with Crippen molar-refractivity contribution >= 4 is 59.3 Å². The molecular weight excluding hydrogens is 683 g/mol. The van der Waals surface area contributed by atoms with Crippen LogP contribution in [0.4, 0.5) is 17.1 Å². The number of fused-ring (bicyclic) bond motifs is 5. The summed E-state index contributed by atoms with van der Waals surface area (Å²) >= 11 is 1.86. The van der Waals surface area contributed by atoms with Gasteiger partial charge in [0.1, 0.15) is 0 Å². The van der Waals surface area contributed by atoms with Crippen molar-refractivity contribution in [2.45, 2.75) is 5.41 Å². The first-order valence-electron chi connectivity index (χ1n) is 18.9. The molecule has 258 valence electrons. The summed E-state index contributed by atoms with van der Waals surface area (Å²) in [5.74, 6) is 0. The Bertz CT molecular complexity index is 3010. The van der Waals surface area contributed by atoms with E-state index in [1.165, 1.54) is 75.5 Å². The molecule has 0 amide bonds. The van der Waals surface area contributed by atoms with E-state index in [9.17, 15) is 0 Å². The molecule has 0 saturated heterocycles. The largest absolute Gasteiger partial charge is 0.310 e. The minimum atomic E-state index is -0.512. The summed E-state index contributed by atoms with van der Waals surface area (Å²) in [6.07, 6.45) is 0. The van der Waals surface area contributed by atoms with Crippen molar-refractivity contribution in [3.8, 4) is 22.3 Å². The molecule has 0 spiro atoms. The van der Waals surface area contributed by atoms with Crippen molar-refractivity contribution in [3.05, 3.63) is 235 Å². The third-order valence-electron chi connectivity index (χ3n) is 11.5. The van der Waals surface area contributed by atoms with E-state index >= 15 is 0 Å². The van der Waals surface area contributed by atoms with E-state index < -0.39 is 5.41 Å². The Balaban J connectivity index is 1.12. The van der Waals surface area contributed by atoms with Crippen LogP contribution < -0.4 is 4.90 Å². The molecule has 1 aromatic heterocycles. The van der Waals surface area contributed by atoms with Gasteiger partial charge >= 0.3 is 0 Å². The minimum absolute atomic E-state index is 0.512. The first-order valence-corrected chi connectivity index (χ1v) is 19.7. The lowest BCUT2D eigenvalue weighted by Crippen LogP contribution is -2.33. The van der Waals surface area contributed by atoms with Crippen LogP contribution in [-0.2, 0) is 5.41 Å². The van der Waals surface area contributed by atoms with E-state index in [2.05, 4.69) is 217 Å². The zero-order chi connectivity index (χ0) is 36.3. The van der Waals surface area contributed by atoms with Crippen molar-refractivity contribution < 1.29 is 0 Å². The van der Waals surface area contributed by atoms with E-state index in [1.807, 2.05) is 11.3 Å². The van der Waals surface area contributed by atoms with Crippen LogP contribution in [0.3, 0.4) is 0 Å². The van der Waals surface area contributed by atoms with Crippen molar-refractivity contribution in [1.82, 2.24) is 0 Å². The van der Waals surface area contributed by atoms with Crippen LogP contribution in [0, 0.1) is 0 Å². The summed E-state index contributed by atoms with van der Waals surface area (Å²) < 4.78 is 2.60. The quantitative estimate of drug-likeness (QED) is 0.166. The SMILES string of the molecule is c1ccc(-c2ccc(N(c3ccc(C4(c5ccccc5)c5ccccc5-c5cccc6cccc4c56)cc3)c3ccc4c(c3)sc3ccccc34)cc2)cc1. The highest BCUT2D eigenvalue weighted by atomic mass is 32.1. The third-order valence-corrected chi connectivity index (χ3v) is 12.7. The molecule has 55 heavy (non-hydrogen) atoms. The van der Waals surface area contributed by atoms with Crippen LogP contribution in [0.5, 0.6) is 0 Å². The number of thiophene rings is 1. The summed E-state index contributed by atoms with van der Waals surface area (Å²) in [5.41, 5.74) is 13.0. The monoisotopic (exact) mass is 717 g/mol. The average Bonchev–Trinajstić information content (AvgIpc) is 3.63. The summed E-state index contributed by atoms with van der Waals surface area (Å²) in [5, 5.41) is 5.21. The molecule has 10 aromatic rings.